The van der Waals surface area contributed by atoms with Crippen LogP contribution in [0.1, 0.15) is 18.1 Å². The fourth-order valence-corrected chi connectivity index (χ4v) is 4.61. The average molecular weight is 412 g/mol. The van der Waals surface area contributed by atoms with Crippen molar-refractivity contribution >= 4 is 28.2 Å². The Kier molecular flexibility index (Phi) is 8.47. The standard InChI is InChI=1S/C20H25NO4S.ClH/c1-4-26(23,24)20(17-11-7-5-8-12-17,18-13-9-6-10-14-18)19(22)25-16-15-21(2)3;/h5-14H,4,15-16H2,1-3H3;1H. The summed E-state index contributed by atoms with van der Waals surface area (Å²) in [5.74, 6) is -0.946. The van der Waals surface area contributed by atoms with Crippen molar-refractivity contribution in [2.75, 3.05) is 33.0 Å². The molecule has 7 heteroatoms. The molecule has 0 unspecified atom stereocenters. The molecule has 0 spiro atoms. The minimum absolute atomic E-state index is 0. The molecule has 0 heterocycles. The third kappa shape index (κ3) is 4.69. The quantitative estimate of drug-likeness (QED) is 0.625. The lowest BCUT2D eigenvalue weighted by Gasteiger charge is -2.32. The highest BCUT2D eigenvalue weighted by molar-refractivity contribution is 7.93. The molecule has 0 aliphatic carbocycles. The molecule has 27 heavy (non-hydrogen) atoms. The minimum Gasteiger partial charge on any atom is -0.463 e. The zero-order chi connectivity index (χ0) is 19.2. The maximum atomic E-state index is 13.2. The second-order valence-electron chi connectivity index (χ2n) is 6.26. The molecular formula is C20H26ClNO4S. The van der Waals surface area contributed by atoms with E-state index in [1.54, 1.807) is 67.6 Å². The number of benzene rings is 2. The largest absolute Gasteiger partial charge is 0.463 e. The number of sulfone groups is 1. The minimum atomic E-state index is -3.87. The summed E-state index contributed by atoms with van der Waals surface area (Å²) >= 11 is 0. The molecule has 0 fully saturated rings. The van der Waals surface area contributed by atoms with Gasteiger partial charge in [0.15, 0.2) is 9.84 Å². The highest BCUT2D eigenvalue weighted by atomic mass is 35.5. The summed E-state index contributed by atoms with van der Waals surface area (Å²) < 4.78 is 30.1. The highest BCUT2D eigenvalue weighted by Gasteiger charge is 2.54. The predicted molar refractivity (Wildman–Crippen MR) is 110 cm³/mol. The van der Waals surface area contributed by atoms with Crippen LogP contribution in [0.4, 0.5) is 0 Å². The summed E-state index contributed by atoms with van der Waals surface area (Å²) in [6.45, 7) is 2.17. The molecule has 2 rings (SSSR count). The topological polar surface area (TPSA) is 63.7 Å². The first-order chi connectivity index (χ1) is 12.4. The summed E-state index contributed by atoms with van der Waals surface area (Å²) in [4.78, 5) is 15.1. The van der Waals surface area contributed by atoms with Crippen molar-refractivity contribution in [2.45, 2.75) is 11.7 Å². The van der Waals surface area contributed by atoms with Crippen LogP contribution in [-0.4, -0.2) is 52.3 Å². The Morgan fingerprint density at radius 2 is 1.41 bits per heavy atom. The van der Waals surface area contributed by atoms with E-state index in [1.165, 1.54) is 0 Å². The number of hydrogen-bond donors (Lipinski definition) is 0. The molecular weight excluding hydrogens is 386 g/mol. The molecule has 0 saturated carbocycles. The van der Waals surface area contributed by atoms with Gasteiger partial charge in [-0.2, -0.15) is 0 Å². The fraction of sp³-hybridized carbons (Fsp3) is 0.350. The van der Waals surface area contributed by atoms with E-state index in [9.17, 15) is 13.2 Å². The second-order valence-corrected chi connectivity index (χ2v) is 8.68. The number of halogens is 1. The number of esters is 1. The molecule has 148 valence electrons. The van der Waals surface area contributed by atoms with Gasteiger partial charge in [0.25, 0.3) is 0 Å². The number of nitrogens with zero attached hydrogens (tertiary/aromatic N) is 1. The van der Waals surface area contributed by atoms with Crippen molar-refractivity contribution in [3.63, 3.8) is 0 Å². The normalized spacial score (nSPS) is 11.7. The van der Waals surface area contributed by atoms with E-state index in [-0.39, 0.29) is 24.8 Å². The third-order valence-electron chi connectivity index (χ3n) is 4.27. The number of rotatable bonds is 8. The van der Waals surface area contributed by atoms with Crippen LogP contribution in [0.3, 0.4) is 0 Å². The summed E-state index contributed by atoms with van der Waals surface area (Å²) in [5.41, 5.74) is 0.783. The SMILES string of the molecule is CCS(=O)(=O)C(C(=O)OCCN(C)C)(c1ccccc1)c1ccccc1.Cl. The molecule has 0 N–H and O–H groups in total. The van der Waals surface area contributed by atoms with E-state index in [0.717, 1.165) is 0 Å². The molecule has 0 aliphatic heterocycles. The van der Waals surface area contributed by atoms with Crippen LogP contribution in [0.2, 0.25) is 0 Å². The average Bonchev–Trinajstić information content (AvgIpc) is 2.63. The van der Waals surface area contributed by atoms with E-state index < -0.39 is 20.6 Å². The second kappa shape index (κ2) is 9.88. The molecule has 0 saturated heterocycles. The van der Waals surface area contributed by atoms with Crippen LogP contribution < -0.4 is 0 Å². The zero-order valence-corrected chi connectivity index (χ0v) is 17.4. The van der Waals surface area contributed by atoms with Crippen LogP contribution >= 0.6 is 12.4 Å². The van der Waals surface area contributed by atoms with Crippen LogP contribution in [0.25, 0.3) is 0 Å². The van der Waals surface area contributed by atoms with Gasteiger partial charge in [-0.1, -0.05) is 67.6 Å². The number of carbonyl (C=O) groups excluding carboxylic acids is 1. The van der Waals surface area contributed by atoms with Gasteiger partial charge < -0.3 is 9.64 Å². The predicted octanol–water partition coefficient (Wildman–Crippen LogP) is 2.89. The molecule has 0 bridgehead atoms. The molecule has 5 nitrogen and oxygen atoms in total. The summed E-state index contributed by atoms with van der Waals surface area (Å²) in [6, 6.07) is 17.1. The molecule has 0 radical (unpaired) electrons. The summed E-state index contributed by atoms with van der Waals surface area (Å²) in [6.07, 6.45) is 0. The summed E-state index contributed by atoms with van der Waals surface area (Å²) in [5, 5.41) is 0. The monoisotopic (exact) mass is 411 g/mol. The maximum absolute atomic E-state index is 13.2. The summed E-state index contributed by atoms with van der Waals surface area (Å²) in [7, 11) is -0.147. The first kappa shape index (κ1) is 23.1. The van der Waals surface area contributed by atoms with Gasteiger partial charge >= 0.3 is 5.97 Å². The lowest BCUT2D eigenvalue weighted by Crippen LogP contribution is -2.47. The Morgan fingerprint density at radius 1 is 0.963 bits per heavy atom. The first-order valence-electron chi connectivity index (χ1n) is 8.51. The number of ether oxygens (including phenoxy) is 1. The van der Waals surface area contributed by atoms with Crippen LogP contribution in [-0.2, 0) is 24.1 Å². The van der Waals surface area contributed by atoms with Crippen molar-refractivity contribution in [2.24, 2.45) is 0 Å². The highest BCUT2D eigenvalue weighted by Crippen LogP contribution is 2.39. The number of carbonyl (C=O) groups is 1. The van der Waals surface area contributed by atoms with Gasteiger partial charge in [0.2, 0.25) is 4.75 Å². The molecule has 0 amide bonds. The van der Waals surface area contributed by atoms with Crippen LogP contribution in [0.15, 0.2) is 60.7 Å². The Bertz CT molecular complexity index is 784. The van der Waals surface area contributed by atoms with Gasteiger partial charge in [0.05, 0.1) is 0 Å². The first-order valence-corrected chi connectivity index (χ1v) is 10.2. The Morgan fingerprint density at radius 3 is 1.78 bits per heavy atom. The van der Waals surface area contributed by atoms with Crippen LogP contribution in [0.5, 0.6) is 0 Å². The Balaban J connectivity index is 0.00000364. The maximum Gasteiger partial charge on any atom is 0.336 e. The van der Waals surface area contributed by atoms with Crippen molar-refractivity contribution in [1.29, 1.82) is 0 Å². The Labute approximate surface area is 167 Å². The van der Waals surface area contributed by atoms with E-state index in [1.807, 2.05) is 19.0 Å². The smallest absolute Gasteiger partial charge is 0.336 e. The van der Waals surface area contributed by atoms with Gasteiger partial charge in [-0.05, 0) is 25.2 Å². The van der Waals surface area contributed by atoms with Gasteiger partial charge in [0, 0.05) is 12.3 Å². The van der Waals surface area contributed by atoms with Crippen LogP contribution in [0, 0.1) is 0 Å². The molecule has 2 aromatic carbocycles. The van der Waals surface area contributed by atoms with E-state index in [2.05, 4.69) is 0 Å². The van der Waals surface area contributed by atoms with E-state index >= 15 is 0 Å². The van der Waals surface area contributed by atoms with E-state index in [4.69, 9.17) is 4.74 Å². The number of likely N-dealkylation sites (N-methyl/N-ethyl adjacent to an activating group) is 1. The molecule has 2 aromatic rings. The van der Waals surface area contributed by atoms with Crippen molar-refractivity contribution in [3.05, 3.63) is 71.8 Å². The zero-order valence-electron chi connectivity index (χ0n) is 15.8. The number of hydrogen-bond acceptors (Lipinski definition) is 5. The van der Waals surface area contributed by atoms with E-state index in [0.29, 0.717) is 17.7 Å². The molecule has 0 atom stereocenters. The lowest BCUT2D eigenvalue weighted by atomic mass is 9.90. The molecule has 0 aliphatic rings. The molecule has 0 aromatic heterocycles. The van der Waals surface area contributed by atoms with Gasteiger partial charge in [0.1, 0.15) is 6.61 Å². The van der Waals surface area contributed by atoms with Gasteiger partial charge in [-0.25, -0.2) is 13.2 Å². The Hall–Kier alpha value is -1.89. The van der Waals surface area contributed by atoms with Gasteiger partial charge in [-0.3, -0.25) is 0 Å². The lowest BCUT2D eigenvalue weighted by molar-refractivity contribution is -0.146. The van der Waals surface area contributed by atoms with Crippen molar-refractivity contribution in [3.8, 4) is 0 Å². The van der Waals surface area contributed by atoms with Gasteiger partial charge in [-0.15, -0.1) is 12.4 Å². The van der Waals surface area contributed by atoms with Crippen molar-refractivity contribution < 1.29 is 17.9 Å². The fourth-order valence-electron chi connectivity index (χ4n) is 2.87. The van der Waals surface area contributed by atoms with Crippen molar-refractivity contribution in [1.82, 2.24) is 4.90 Å². The third-order valence-corrected chi connectivity index (χ3v) is 6.60.